The molecule has 0 radical (unpaired) electrons. The minimum atomic E-state index is -0.276. The van der Waals surface area contributed by atoms with Gasteiger partial charge in [-0.05, 0) is 60.3 Å². The van der Waals surface area contributed by atoms with Crippen molar-refractivity contribution in [3.63, 3.8) is 0 Å². The Morgan fingerprint density at radius 3 is 3.08 bits per heavy atom. The van der Waals surface area contributed by atoms with E-state index in [0.29, 0.717) is 0 Å². The molecule has 1 aliphatic rings. The molecule has 0 bridgehead atoms. The molecular weight excluding hydrogens is 436 g/mol. The zero-order chi connectivity index (χ0) is 18.5. The number of carbonyl (C=O) groups excluding carboxylic acids is 1. The predicted molar refractivity (Wildman–Crippen MR) is 110 cm³/mol. The minimum absolute atomic E-state index is 0.0661. The van der Waals surface area contributed by atoms with Gasteiger partial charge in [-0.1, -0.05) is 29.2 Å². The van der Waals surface area contributed by atoms with Gasteiger partial charge in [-0.15, -0.1) is 10.2 Å². The van der Waals surface area contributed by atoms with Crippen molar-refractivity contribution in [1.29, 1.82) is 0 Å². The van der Waals surface area contributed by atoms with Crippen LogP contribution in [0.15, 0.2) is 27.0 Å². The highest BCUT2D eigenvalue weighted by Crippen LogP contribution is 2.30. The van der Waals surface area contributed by atoms with Crippen LogP contribution < -0.4 is 10.6 Å². The molecule has 1 aromatic heterocycles. The molecule has 0 spiro atoms. The lowest BCUT2D eigenvalue weighted by atomic mass is 10.2. The average Bonchev–Trinajstić information content (AvgIpc) is 3.27. The topological polar surface area (TPSA) is 76.1 Å². The second-order valence-electron chi connectivity index (χ2n) is 6.12. The van der Waals surface area contributed by atoms with Gasteiger partial charge in [0.1, 0.15) is 0 Å². The van der Waals surface area contributed by atoms with Gasteiger partial charge in [0.15, 0.2) is 4.34 Å². The van der Waals surface area contributed by atoms with E-state index in [1.54, 1.807) is 0 Å². The van der Waals surface area contributed by atoms with Gasteiger partial charge in [-0.3, -0.25) is 4.79 Å². The van der Waals surface area contributed by atoms with Crippen molar-refractivity contribution in [3.8, 4) is 0 Å². The van der Waals surface area contributed by atoms with Crippen LogP contribution in [-0.4, -0.2) is 40.6 Å². The molecule has 2 aromatic rings. The largest absolute Gasteiger partial charge is 0.376 e. The molecule has 2 heterocycles. The van der Waals surface area contributed by atoms with E-state index in [2.05, 4.69) is 36.8 Å². The van der Waals surface area contributed by atoms with Crippen molar-refractivity contribution in [3.05, 3.63) is 28.2 Å². The normalized spacial score (nSPS) is 17.9. The first-order valence-electron chi connectivity index (χ1n) is 8.44. The first-order valence-corrected chi connectivity index (χ1v) is 10.9. The van der Waals surface area contributed by atoms with Crippen LogP contribution in [0.4, 0.5) is 10.8 Å². The standard InChI is InChI=1S/C17H21BrN4O2S2/c1-10-5-6-14(13(18)8-10)20-15(23)11(2)25-17-22-21-16(26-17)19-9-12-4-3-7-24-12/h5-6,8,11-12H,3-4,7,9H2,1-2H3,(H,19,21)(H,20,23). The van der Waals surface area contributed by atoms with Crippen LogP contribution in [0.2, 0.25) is 0 Å². The number of ether oxygens (including phenoxy) is 1. The second-order valence-corrected chi connectivity index (χ2v) is 9.54. The molecule has 2 atom stereocenters. The second kappa shape index (κ2) is 9.16. The summed E-state index contributed by atoms with van der Waals surface area (Å²) in [6, 6.07) is 5.84. The first-order chi connectivity index (χ1) is 12.5. The monoisotopic (exact) mass is 456 g/mol. The third-order valence-corrected chi connectivity index (χ3v) is 6.66. The van der Waals surface area contributed by atoms with Crippen LogP contribution in [0.1, 0.15) is 25.3 Å². The van der Waals surface area contributed by atoms with Crippen molar-refractivity contribution >= 4 is 55.8 Å². The number of carbonyl (C=O) groups is 1. The van der Waals surface area contributed by atoms with Gasteiger partial charge in [0.25, 0.3) is 0 Å². The van der Waals surface area contributed by atoms with Crippen LogP contribution >= 0.6 is 39.0 Å². The zero-order valence-corrected chi connectivity index (χ0v) is 17.8. The van der Waals surface area contributed by atoms with E-state index in [4.69, 9.17) is 4.74 Å². The highest BCUT2D eigenvalue weighted by molar-refractivity contribution is 9.10. The number of nitrogens with zero attached hydrogens (tertiary/aromatic N) is 2. The van der Waals surface area contributed by atoms with Crippen LogP contribution in [0.3, 0.4) is 0 Å². The minimum Gasteiger partial charge on any atom is -0.376 e. The molecule has 0 aliphatic carbocycles. The lowest BCUT2D eigenvalue weighted by molar-refractivity contribution is -0.115. The van der Waals surface area contributed by atoms with Crippen molar-refractivity contribution in [1.82, 2.24) is 10.2 Å². The molecule has 140 valence electrons. The molecule has 2 N–H and O–H groups in total. The summed E-state index contributed by atoms with van der Waals surface area (Å²) in [4.78, 5) is 12.4. The number of aromatic nitrogens is 2. The summed E-state index contributed by atoms with van der Waals surface area (Å²) in [6.45, 7) is 5.46. The number of hydrogen-bond acceptors (Lipinski definition) is 7. The third-order valence-electron chi connectivity index (χ3n) is 3.94. The van der Waals surface area contributed by atoms with E-state index in [0.717, 1.165) is 51.2 Å². The highest BCUT2D eigenvalue weighted by atomic mass is 79.9. The molecule has 3 rings (SSSR count). The summed E-state index contributed by atoms with van der Waals surface area (Å²) in [7, 11) is 0. The lowest BCUT2D eigenvalue weighted by Gasteiger charge is -2.12. The molecule has 6 nitrogen and oxygen atoms in total. The number of nitrogens with one attached hydrogen (secondary N) is 2. The summed E-state index contributed by atoms with van der Waals surface area (Å²) < 4.78 is 7.23. The Labute approximate surface area is 169 Å². The summed E-state index contributed by atoms with van der Waals surface area (Å²) in [6.07, 6.45) is 2.46. The van der Waals surface area contributed by atoms with Crippen molar-refractivity contribution in [2.24, 2.45) is 0 Å². The fraction of sp³-hybridized carbons (Fsp3) is 0.471. The summed E-state index contributed by atoms with van der Waals surface area (Å²) in [5.41, 5.74) is 1.90. The molecule has 1 aromatic carbocycles. The quantitative estimate of drug-likeness (QED) is 0.604. The fourth-order valence-corrected chi connectivity index (χ4v) is 4.99. The Bertz CT molecular complexity index is 765. The van der Waals surface area contributed by atoms with Gasteiger partial charge in [0.2, 0.25) is 11.0 Å². The van der Waals surface area contributed by atoms with E-state index in [-0.39, 0.29) is 17.3 Å². The molecule has 26 heavy (non-hydrogen) atoms. The summed E-state index contributed by atoms with van der Waals surface area (Å²) in [5, 5.41) is 15.0. The number of amides is 1. The maximum absolute atomic E-state index is 12.4. The zero-order valence-electron chi connectivity index (χ0n) is 14.6. The fourth-order valence-electron chi connectivity index (χ4n) is 2.50. The molecular formula is C17H21BrN4O2S2. The maximum atomic E-state index is 12.4. The average molecular weight is 457 g/mol. The van der Waals surface area contributed by atoms with Gasteiger partial charge in [-0.2, -0.15) is 0 Å². The Hall–Kier alpha value is -1.16. The van der Waals surface area contributed by atoms with Crippen LogP contribution in [0, 0.1) is 6.92 Å². The Balaban J connectivity index is 1.50. The molecule has 1 amide bonds. The first kappa shape index (κ1) is 19.6. The molecule has 0 saturated carbocycles. The number of thioether (sulfide) groups is 1. The van der Waals surface area contributed by atoms with Crippen molar-refractivity contribution in [2.45, 2.75) is 42.4 Å². The number of rotatable bonds is 7. The summed E-state index contributed by atoms with van der Waals surface area (Å²) >= 11 is 6.34. The molecule has 2 unspecified atom stereocenters. The predicted octanol–water partition coefficient (Wildman–Crippen LogP) is 4.32. The van der Waals surface area contributed by atoms with Crippen LogP contribution in [-0.2, 0) is 9.53 Å². The van der Waals surface area contributed by atoms with Gasteiger partial charge >= 0.3 is 0 Å². The van der Waals surface area contributed by atoms with Gasteiger partial charge in [0.05, 0.1) is 17.0 Å². The van der Waals surface area contributed by atoms with E-state index in [9.17, 15) is 4.79 Å². The lowest BCUT2D eigenvalue weighted by Crippen LogP contribution is -2.22. The number of halogens is 1. The SMILES string of the molecule is Cc1ccc(NC(=O)C(C)Sc2nnc(NCC3CCCO3)s2)c(Br)c1. The van der Waals surface area contributed by atoms with E-state index in [1.165, 1.54) is 23.1 Å². The number of benzene rings is 1. The van der Waals surface area contributed by atoms with Crippen LogP contribution in [0.5, 0.6) is 0 Å². The number of anilines is 2. The van der Waals surface area contributed by atoms with E-state index in [1.807, 2.05) is 32.0 Å². The maximum Gasteiger partial charge on any atom is 0.237 e. The van der Waals surface area contributed by atoms with E-state index >= 15 is 0 Å². The summed E-state index contributed by atoms with van der Waals surface area (Å²) in [5.74, 6) is -0.0661. The van der Waals surface area contributed by atoms with Crippen LogP contribution in [0.25, 0.3) is 0 Å². The molecule has 1 saturated heterocycles. The highest BCUT2D eigenvalue weighted by Gasteiger charge is 2.19. The van der Waals surface area contributed by atoms with Gasteiger partial charge < -0.3 is 15.4 Å². The number of hydrogen-bond donors (Lipinski definition) is 2. The van der Waals surface area contributed by atoms with Gasteiger partial charge in [0, 0.05) is 17.6 Å². The van der Waals surface area contributed by atoms with Crippen molar-refractivity contribution in [2.75, 3.05) is 23.8 Å². The smallest absolute Gasteiger partial charge is 0.237 e. The number of aryl methyl sites for hydroxylation is 1. The molecule has 9 heteroatoms. The Kier molecular flexibility index (Phi) is 6.91. The third kappa shape index (κ3) is 5.42. The molecule has 1 aliphatic heterocycles. The van der Waals surface area contributed by atoms with E-state index < -0.39 is 0 Å². The van der Waals surface area contributed by atoms with Gasteiger partial charge in [-0.25, -0.2) is 0 Å². The Morgan fingerprint density at radius 1 is 1.50 bits per heavy atom. The van der Waals surface area contributed by atoms with Crippen molar-refractivity contribution < 1.29 is 9.53 Å². The Morgan fingerprint density at radius 2 is 2.35 bits per heavy atom. The molecule has 1 fully saturated rings.